The summed E-state index contributed by atoms with van der Waals surface area (Å²) >= 11 is 4.15. The van der Waals surface area contributed by atoms with Gasteiger partial charge in [0.15, 0.2) is 0 Å². The van der Waals surface area contributed by atoms with Crippen LogP contribution in [0.25, 0.3) is 0 Å². The fraction of sp³-hybridized carbons (Fsp3) is 0. The van der Waals surface area contributed by atoms with Gasteiger partial charge in [0.2, 0.25) is 0 Å². The second kappa shape index (κ2) is 2.47. The zero-order chi connectivity index (χ0) is 7.68. The number of hydrazone groups is 1. The third-order valence-electron chi connectivity index (χ3n) is 1.52. The maximum absolute atomic E-state index is 4.15. The average Bonchev–Trinajstić information content (AvgIpc) is 2.06. The van der Waals surface area contributed by atoms with Gasteiger partial charge in [0.05, 0.1) is 11.9 Å². The largest absolute Gasteiger partial charge is 0.216 e. The molecule has 1 aliphatic rings. The van der Waals surface area contributed by atoms with E-state index in [1.165, 1.54) is 0 Å². The number of rotatable bonds is 0. The zero-order valence-corrected chi connectivity index (χ0v) is 6.62. The number of nitrogens with one attached hydrogen (secondary N) is 1. The van der Waals surface area contributed by atoms with Crippen molar-refractivity contribution in [3.8, 4) is 0 Å². The van der Waals surface area contributed by atoms with Crippen LogP contribution in [0.4, 0.5) is 5.69 Å². The number of benzene rings is 1. The SMILES string of the molecule is SN1NN=Cc2ccccc21. The highest BCUT2D eigenvalue weighted by atomic mass is 32.1. The molecule has 2 rings (SSSR count). The lowest BCUT2D eigenvalue weighted by Gasteiger charge is -2.21. The minimum atomic E-state index is 1.02. The van der Waals surface area contributed by atoms with E-state index in [1.807, 2.05) is 24.3 Å². The third kappa shape index (κ3) is 1.05. The molecule has 0 unspecified atom stereocenters. The Labute approximate surface area is 70.2 Å². The highest BCUT2D eigenvalue weighted by Crippen LogP contribution is 2.20. The lowest BCUT2D eigenvalue weighted by Crippen LogP contribution is -2.28. The van der Waals surface area contributed by atoms with Crippen molar-refractivity contribution >= 4 is 24.7 Å². The van der Waals surface area contributed by atoms with E-state index in [2.05, 4.69) is 23.5 Å². The topological polar surface area (TPSA) is 27.6 Å². The van der Waals surface area contributed by atoms with Crippen molar-refractivity contribution < 1.29 is 0 Å². The molecule has 1 aromatic rings. The Morgan fingerprint density at radius 3 is 3.00 bits per heavy atom. The van der Waals surface area contributed by atoms with Crippen LogP contribution in [0.3, 0.4) is 0 Å². The van der Waals surface area contributed by atoms with Crippen molar-refractivity contribution in [2.75, 3.05) is 4.41 Å². The van der Waals surface area contributed by atoms with Gasteiger partial charge in [0.25, 0.3) is 0 Å². The number of nitrogens with zero attached hydrogens (tertiary/aromatic N) is 2. The number of hydrogen-bond acceptors (Lipinski definition) is 4. The maximum Gasteiger partial charge on any atom is 0.0802 e. The predicted octanol–water partition coefficient (Wildman–Crippen LogP) is 1.19. The zero-order valence-electron chi connectivity index (χ0n) is 5.73. The average molecular weight is 165 g/mol. The minimum Gasteiger partial charge on any atom is -0.216 e. The summed E-state index contributed by atoms with van der Waals surface area (Å²) in [6.45, 7) is 0. The Bertz CT molecular complexity index is 297. The summed E-state index contributed by atoms with van der Waals surface area (Å²) in [5.74, 6) is 0. The van der Waals surface area contributed by atoms with Gasteiger partial charge in [0, 0.05) is 5.56 Å². The predicted molar refractivity (Wildman–Crippen MR) is 48.6 cm³/mol. The summed E-state index contributed by atoms with van der Waals surface area (Å²) in [4.78, 5) is 0. The molecular weight excluding hydrogens is 158 g/mol. The molecular formula is C7H7N3S. The molecule has 0 amide bonds. The number of thiol groups is 1. The summed E-state index contributed by atoms with van der Waals surface area (Å²) in [5, 5.41) is 3.87. The third-order valence-corrected chi connectivity index (χ3v) is 1.83. The Kier molecular flexibility index (Phi) is 1.47. The molecule has 0 saturated carbocycles. The van der Waals surface area contributed by atoms with E-state index >= 15 is 0 Å². The van der Waals surface area contributed by atoms with E-state index in [0.29, 0.717) is 0 Å². The van der Waals surface area contributed by atoms with Crippen molar-refractivity contribution in [1.29, 1.82) is 0 Å². The van der Waals surface area contributed by atoms with Crippen LogP contribution in [0, 0.1) is 0 Å². The van der Waals surface area contributed by atoms with Crippen LogP contribution in [0.2, 0.25) is 0 Å². The second-order valence-corrected chi connectivity index (χ2v) is 2.63. The van der Waals surface area contributed by atoms with Gasteiger partial charge >= 0.3 is 0 Å². The number of anilines is 1. The standard InChI is InChI=1S/C7H7N3S/c11-10-7-4-2-1-3-6(7)5-8-9-10/h1-5,9,11H. The molecule has 3 nitrogen and oxygen atoms in total. The highest BCUT2D eigenvalue weighted by Gasteiger charge is 2.07. The quantitative estimate of drug-likeness (QED) is 0.565. The Hall–Kier alpha value is -1.16. The molecule has 11 heavy (non-hydrogen) atoms. The van der Waals surface area contributed by atoms with E-state index in [1.54, 1.807) is 10.6 Å². The molecule has 1 aromatic carbocycles. The van der Waals surface area contributed by atoms with Gasteiger partial charge in [-0.2, -0.15) is 5.10 Å². The summed E-state index contributed by atoms with van der Waals surface area (Å²) in [6.07, 6.45) is 1.77. The molecule has 0 aliphatic carbocycles. The Balaban J connectivity index is 2.54. The highest BCUT2D eigenvalue weighted by molar-refractivity contribution is 7.81. The molecule has 4 heteroatoms. The first kappa shape index (κ1) is 6.54. The van der Waals surface area contributed by atoms with Crippen molar-refractivity contribution in [3.63, 3.8) is 0 Å². The van der Waals surface area contributed by atoms with Gasteiger partial charge in [-0.25, -0.2) is 9.95 Å². The number of para-hydroxylation sites is 1. The van der Waals surface area contributed by atoms with Crippen molar-refractivity contribution in [2.24, 2.45) is 5.10 Å². The molecule has 0 aromatic heterocycles. The van der Waals surface area contributed by atoms with E-state index in [4.69, 9.17) is 0 Å². The van der Waals surface area contributed by atoms with Crippen LogP contribution in [-0.4, -0.2) is 6.21 Å². The van der Waals surface area contributed by atoms with Crippen LogP contribution in [0.1, 0.15) is 5.56 Å². The van der Waals surface area contributed by atoms with Gasteiger partial charge in [-0.15, -0.1) is 0 Å². The maximum atomic E-state index is 4.15. The monoisotopic (exact) mass is 165 g/mol. The van der Waals surface area contributed by atoms with Gasteiger partial charge in [-0.05, 0) is 18.9 Å². The van der Waals surface area contributed by atoms with Crippen LogP contribution < -0.4 is 9.95 Å². The lowest BCUT2D eigenvalue weighted by molar-refractivity contribution is 0.807. The van der Waals surface area contributed by atoms with E-state index in [9.17, 15) is 0 Å². The Morgan fingerprint density at radius 2 is 2.18 bits per heavy atom. The fourth-order valence-corrected chi connectivity index (χ4v) is 1.23. The lowest BCUT2D eigenvalue weighted by atomic mass is 10.2. The first-order valence-electron chi connectivity index (χ1n) is 3.25. The number of hydrogen-bond donors (Lipinski definition) is 2. The number of fused-ring (bicyclic) bond motifs is 1. The van der Waals surface area contributed by atoms with E-state index in [0.717, 1.165) is 11.3 Å². The molecule has 0 bridgehead atoms. The summed E-state index contributed by atoms with van der Waals surface area (Å²) in [5.41, 5.74) is 4.80. The van der Waals surface area contributed by atoms with Gasteiger partial charge in [0.1, 0.15) is 0 Å². The van der Waals surface area contributed by atoms with Gasteiger partial charge < -0.3 is 0 Å². The molecule has 0 saturated heterocycles. The first-order chi connectivity index (χ1) is 5.38. The second-order valence-electron chi connectivity index (χ2n) is 2.23. The summed E-state index contributed by atoms with van der Waals surface area (Å²) in [6, 6.07) is 7.89. The summed E-state index contributed by atoms with van der Waals surface area (Å²) in [7, 11) is 0. The molecule has 0 spiro atoms. The molecule has 1 aliphatic heterocycles. The van der Waals surface area contributed by atoms with E-state index < -0.39 is 0 Å². The number of hydrazine groups is 1. The molecule has 1 heterocycles. The van der Waals surface area contributed by atoms with Crippen molar-refractivity contribution in [2.45, 2.75) is 0 Å². The minimum absolute atomic E-state index is 1.02. The van der Waals surface area contributed by atoms with Crippen molar-refractivity contribution in [3.05, 3.63) is 29.8 Å². The molecule has 0 radical (unpaired) electrons. The molecule has 56 valence electrons. The smallest absolute Gasteiger partial charge is 0.0802 e. The van der Waals surface area contributed by atoms with Crippen molar-refractivity contribution in [1.82, 2.24) is 5.53 Å². The van der Waals surface area contributed by atoms with Crippen LogP contribution in [0.5, 0.6) is 0 Å². The van der Waals surface area contributed by atoms with Crippen LogP contribution in [0.15, 0.2) is 29.4 Å². The molecule has 1 N–H and O–H groups in total. The van der Waals surface area contributed by atoms with Crippen LogP contribution in [-0.2, 0) is 0 Å². The van der Waals surface area contributed by atoms with Crippen LogP contribution >= 0.6 is 12.8 Å². The fourth-order valence-electron chi connectivity index (χ4n) is 0.997. The normalized spacial score (nSPS) is 14.1. The van der Waals surface area contributed by atoms with Gasteiger partial charge in [-0.1, -0.05) is 18.2 Å². The first-order valence-corrected chi connectivity index (χ1v) is 3.65. The van der Waals surface area contributed by atoms with E-state index in [-0.39, 0.29) is 0 Å². The summed E-state index contributed by atoms with van der Waals surface area (Å²) < 4.78 is 1.58. The van der Waals surface area contributed by atoms with Gasteiger partial charge in [-0.3, -0.25) is 0 Å². The molecule has 0 atom stereocenters. The molecule has 0 fully saturated rings. The Morgan fingerprint density at radius 1 is 1.36 bits per heavy atom.